The first-order valence-electron chi connectivity index (χ1n) is 8.02. The second kappa shape index (κ2) is 6.34. The number of piperidine rings is 1. The Hall–Kier alpha value is -3.23. The molecule has 1 aliphatic rings. The van der Waals surface area contributed by atoms with Gasteiger partial charge < -0.3 is 4.90 Å². The molecule has 1 fully saturated rings. The van der Waals surface area contributed by atoms with Crippen molar-refractivity contribution in [1.29, 1.82) is 0 Å². The zero-order chi connectivity index (χ0) is 17.2. The number of carbonyl (C=O) groups excluding carboxylic acids is 1. The smallest absolute Gasteiger partial charge is 0.337 e. The van der Waals surface area contributed by atoms with E-state index in [0.717, 1.165) is 19.4 Å². The van der Waals surface area contributed by atoms with Gasteiger partial charge in [-0.2, -0.15) is 0 Å². The van der Waals surface area contributed by atoms with E-state index >= 15 is 0 Å². The molecule has 1 atom stereocenters. The van der Waals surface area contributed by atoms with Gasteiger partial charge in [0, 0.05) is 30.4 Å². The minimum atomic E-state index is -0.609. The lowest BCUT2D eigenvalue weighted by Crippen LogP contribution is -2.40. The van der Waals surface area contributed by atoms with Crippen LogP contribution in [-0.2, 0) is 0 Å². The van der Waals surface area contributed by atoms with Crippen LogP contribution in [0, 0.1) is 0 Å². The summed E-state index contributed by atoms with van der Waals surface area (Å²) in [7, 11) is 0. The minimum Gasteiger partial charge on any atom is -0.337 e. The third-order valence-corrected chi connectivity index (χ3v) is 4.34. The van der Waals surface area contributed by atoms with E-state index < -0.39 is 5.76 Å². The fourth-order valence-electron chi connectivity index (χ4n) is 3.07. The van der Waals surface area contributed by atoms with E-state index in [4.69, 9.17) is 0 Å². The van der Waals surface area contributed by atoms with Crippen LogP contribution >= 0.6 is 0 Å². The van der Waals surface area contributed by atoms with Crippen molar-refractivity contribution < 1.29 is 9.32 Å². The van der Waals surface area contributed by atoms with Crippen LogP contribution in [0.5, 0.6) is 0 Å². The molecule has 128 valence electrons. The molecular formula is C16H16N6O3. The number of aromatic nitrogens is 5. The maximum Gasteiger partial charge on any atom is 0.439 e. The number of hydrogen-bond donors (Lipinski definition) is 1. The van der Waals surface area contributed by atoms with Gasteiger partial charge in [-0.25, -0.2) is 9.48 Å². The van der Waals surface area contributed by atoms with Crippen LogP contribution in [0.15, 0.2) is 46.0 Å². The number of likely N-dealkylation sites (tertiary alicyclic amines) is 1. The lowest BCUT2D eigenvalue weighted by molar-refractivity contribution is 0.0672. The summed E-state index contributed by atoms with van der Waals surface area (Å²) in [4.78, 5) is 28.1. The first-order valence-corrected chi connectivity index (χ1v) is 8.02. The quantitative estimate of drug-likeness (QED) is 0.764. The molecule has 4 rings (SSSR count). The van der Waals surface area contributed by atoms with Gasteiger partial charge in [-0.05, 0) is 25.0 Å². The summed E-state index contributed by atoms with van der Waals surface area (Å²) in [5.74, 6) is -0.291. The second-order valence-corrected chi connectivity index (χ2v) is 5.95. The van der Waals surface area contributed by atoms with Gasteiger partial charge in [-0.3, -0.25) is 14.3 Å². The van der Waals surface area contributed by atoms with Crippen LogP contribution in [-0.4, -0.2) is 49.0 Å². The van der Waals surface area contributed by atoms with Crippen molar-refractivity contribution in [2.75, 3.05) is 13.1 Å². The molecule has 9 heteroatoms. The van der Waals surface area contributed by atoms with Crippen molar-refractivity contribution in [2.24, 2.45) is 0 Å². The van der Waals surface area contributed by atoms with Gasteiger partial charge in [0.2, 0.25) is 0 Å². The molecule has 1 saturated heterocycles. The number of hydrogen-bond acceptors (Lipinski definition) is 6. The van der Waals surface area contributed by atoms with Gasteiger partial charge in [0.1, 0.15) is 0 Å². The number of H-pyrrole nitrogens is 1. The molecule has 3 aromatic rings. The van der Waals surface area contributed by atoms with Crippen molar-refractivity contribution in [2.45, 2.75) is 18.9 Å². The van der Waals surface area contributed by atoms with Crippen molar-refractivity contribution >= 4 is 5.91 Å². The number of amides is 1. The van der Waals surface area contributed by atoms with E-state index in [-0.39, 0.29) is 11.9 Å². The molecule has 1 unspecified atom stereocenters. The van der Waals surface area contributed by atoms with E-state index in [1.165, 1.54) is 0 Å². The topological polar surface area (TPSA) is 110 Å². The molecule has 1 N–H and O–H groups in total. The van der Waals surface area contributed by atoms with Crippen LogP contribution in [0.4, 0.5) is 0 Å². The summed E-state index contributed by atoms with van der Waals surface area (Å²) in [6, 6.07) is 7.08. The van der Waals surface area contributed by atoms with Gasteiger partial charge >= 0.3 is 5.76 Å². The van der Waals surface area contributed by atoms with Crippen molar-refractivity contribution in [1.82, 2.24) is 30.0 Å². The zero-order valence-corrected chi connectivity index (χ0v) is 13.3. The molecule has 1 aliphatic heterocycles. The van der Waals surface area contributed by atoms with Crippen LogP contribution in [0.3, 0.4) is 0 Å². The van der Waals surface area contributed by atoms with Crippen LogP contribution in [0.1, 0.15) is 29.2 Å². The Labute approximate surface area is 142 Å². The monoisotopic (exact) mass is 340 g/mol. The molecule has 0 radical (unpaired) electrons. The van der Waals surface area contributed by atoms with E-state index in [9.17, 15) is 9.59 Å². The summed E-state index contributed by atoms with van der Waals surface area (Å²) in [6.45, 7) is 1.34. The van der Waals surface area contributed by atoms with Crippen molar-refractivity contribution in [3.63, 3.8) is 0 Å². The average Bonchev–Trinajstić information content (AvgIpc) is 3.33. The molecule has 0 aliphatic carbocycles. The van der Waals surface area contributed by atoms with Crippen molar-refractivity contribution in [3.05, 3.63) is 52.8 Å². The third kappa shape index (κ3) is 3.08. The standard InChI is InChI=1S/C16H16N6O3/c23-15(21-8-1-2-13(10-21)22-9-7-17-20-22)12-5-3-11(4-6-12)14-18-16(24)25-19-14/h3-7,9,13H,1-2,8,10H2,(H,18,19,24). The Morgan fingerprint density at radius 2 is 2.12 bits per heavy atom. The highest BCUT2D eigenvalue weighted by molar-refractivity contribution is 5.94. The summed E-state index contributed by atoms with van der Waals surface area (Å²) in [5.41, 5.74) is 1.27. The van der Waals surface area contributed by atoms with Crippen molar-refractivity contribution in [3.8, 4) is 11.4 Å². The highest BCUT2D eigenvalue weighted by Crippen LogP contribution is 2.22. The predicted octanol–water partition coefficient (Wildman–Crippen LogP) is 1.10. The maximum absolute atomic E-state index is 12.8. The van der Waals surface area contributed by atoms with Gasteiger partial charge in [-0.1, -0.05) is 22.5 Å². The summed E-state index contributed by atoms with van der Waals surface area (Å²) >= 11 is 0. The highest BCUT2D eigenvalue weighted by Gasteiger charge is 2.26. The van der Waals surface area contributed by atoms with Crippen LogP contribution in [0.2, 0.25) is 0 Å². The number of nitrogens with zero attached hydrogens (tertiary/aromatic N) is 5. The van der Waals surface area contributed by atoms with E-state index in [1.54, 1.807) is 30.5 Å². The Morgan fingerprint density at radius 1 is 1.28 bits per heavy atom. The SMILES string of the molecule is O=C(c1ccc(-c2noc(=O)[nH]2)cc1)N1CCCC(n2ccnn2)C1. The maximum atomic E-state index is 12.8. The zero-order valence-electron chi connectivity index (χ0n) is 13.3. The lowest BCUT2D eigenvalue weighted by atomic mass is 10.0. The Balaban J connectivity index is 1.49. The van der Waals surface area contributed by atoms with E-state index in [2.05, 4.69) is 25.0 Å². The van der Waals surface area contributed by atoms with Gasteiger partial charge in [0.05, 0.1) is 12.2 Å². The number of rotatable bonds is 3. The van der Waals surface area contributed by atoms with Gasteiger partial charge in [0.25, 0.3) is 5.91 Å². The summed E-state index contributed by atoms with van der Waals surface area (Å²) < 4.78 is 6.30. The van der Waals surface area contributed by atoms with E-state index in [1.807, 2.05) is 15.8 Å². The van der Waals surface area contributed by atoms with Crippen LogP contribution < -0.4 is 5.76 Å². The first-order chi connectivity index (χ1) is 12.2. The normalized spacial score (nSPS) is 17.6. The highest BCUT2D eigenvalue weighted by atomic mass is 16.5. The fourth-order valence-corrected chi connectivity index (χ4v) is 3.07. The summed E-state index contributed by atoms with van der Waals surface area (Å²) in [6.07, 6.45) is 5.37. The van der Waals surface area contributed by atoms with Crippen LogP contribution in [0.25, 0.3) is 11.4 Å². The molecule has 3 heterocycles. The lowest BCUT2D eigenvalue weighted by Gasteiger charge is -2.32. The largest absolute Gasteiger partial charge is 0.439 e. The molecule has 25 heavy (non-hydrogen) atoms. The minimum absolute atomic E-state index is 0.0231. The summed E-state index contributed by atoms with van der Waals surface area (Å²) in [5, 5.41) is 11.5. The molecule has 1 amide bonds. The molecule has 0 spiro atoms. The molecule has 9 nitrogen and oxygen atoms in total. The van der Waals surface area contributed by atoms with E-state index in [0.29, 0.717) is 23.5 Å². The molecule has 0 bridgehead atoms. The first kappa shape index (κ1) is 15.3. The molecule has 1 aromatic carbocycles. The van der Waals surface area contributed by atoms with Gasteiger partial charge in [0.15, 0.2) is 5.82 Å². The number of aromatic amines is 1. The number of carbonyl (C=O) groups is 1. The van der Waals surface area contributed by atoms with Gasteiger partial charge in [-0.15, -0.1) is 5.10 Å². The second-order valence-electron chi connectivity index (χ2n) is 5.95. The Bertz CT molecular complexity index is 912. The Kier molecular flexibility index (Phi) is 3.88. The molecular weight excluding hydrogens is 324 g/mol. The fraction of sp³-hybridized carbons (Fsp3) is 0.312. The molecule has 2 aromatic heterocycles. The predicted molar refractivity (Wildman–Crippen MR) is 86.8 cm³/mol. The Morgan fingerprint density at radius 3 is 2.80 bits per heavy atom. The molecule has 0 saturated carbocycles. The average molecular weight is 340 g/mol. The number of benzene rings is 1. The third-order valence-electron chi connectivity index (χ3n) is 4.34. The number of nitrogens with one attached hydrogen (secondary N) is 1.